The highest BCUT2D eigenvalue weighted by Gasteiger charge is 2.45. The van der Waals surface area contributed by atoms with Crippen molar-refractivity contribution in [2.45, 2.75) is 78.7 Å². The summed E-state index contributed by atoms with van der Waals surface area (Å²) < 4.78 is 5.27. The van der Waals surface area contributed by atoms with Gasteiger partial charge in [0.2, 0.25) is 0 Å². The lowest BCUT2D eigenvalue weighted by molar-refractivity contribution is -0.0195. The number of carbonyl (C=O) groups is 1. The van der Waals surface area contributed by atoms with E-state index >= 15 is 0 Å². The second kappa shape index (κ2) is 10.5. The number of likely N-dealkylation sites (tertiary alicyclic amines) is 1. The van der Waals surface area contributed by atoms with E-state index in [9.17, 15) is 4.79 Å². The molecule has 2 fully saturated rings. The van der Waals surface area contributed by atoms with Crippen LogP contribution in [0.1, 0.15) is 76.8 Å². The van der Waals surface area contributed by atoms with Gasteiger partial charge in [-0.1, -0.05) is 44.4 Å². The highest BCUT2D eigenvalue weighted by atomic mass is 16.6. The third-order valence-corrected chi connectivity index (χ3v) is 6.09. The average Bonchev–Trinajstić information content (AvgIpc) is 2.65. The molecule has 1 saturated carbocycles. The lowest BCUT2D eigenvalue weighted by Crippen LogP contribution is -2.49. The average molecular weight is 385 g/mol. The van der Waals surface area contributed by atoms with Gasteiger partial charge < -0.3 is 9.64 Å². The fourth-order valence-corrected chi connectivity index (χ4v) is 4.41. The van der Waals surface area contributed by atoms with Crippen LogP contribution in [0.15, 0.2) is 24.3 Å². The van der Waals surface area contributed by atoms with E-state index in [0.29, 0.717) is 5.41 Å². The maximum Gasteiger partial charge on any atom is 0.410 e. The Morgan fingerprint density at radius 1 is 1.29 bits per heavy atom. The maximum absolute atomic E-state index is 11.8. The van der Waals surface area contributed by atoms with E-state index in [1.54, 1.807) is 0 Å². The van der Waals surface area contributed by atoms with Crippen LogP contribution in [0.2, 0.25) is 0 Å². The van der Waals surface area contributed by atoms with Crippen molar-refractivity contribution in [2.75, 3.05) is 13.1 Å². The molecule has 1 aliphatic heterocycles. The fourth-order valence-electron chi connectivity index (χ4n) is 4.41. The SMILES string of the molecule is CCCCC1CC2(CCN(C(=O)OC(C)C)CC2)C1.Cc1ccccc1C#N. The van der Waals surface area contributed by atoms with Crippen LogP contribution in [-0.2, 0) is 4.74 Å². The van der Waals surface area contributed by atoms with Gasteiger partial charge in [0.05, 0.1) is 17.7 Å². The van der Waals surface area contributed by atoms with Crippen LogP contribution in [-0.4, -0.2) is 30.2 Å². The van der Waals surface area contributed by atoms with Crippen LogP contribution in [0, 0.1) is 29.6 Å². The van der Waals surface area contributed by atoms with Crippen LogP contribution >= 0.6 is 0 Å². The van der Waals surface area contributed by atoms with Crippen molar-refractivity contribution in [1.29, 1.82) is 5.26 Å². The lowest BCUT2D eigenvalue weighted by Gasteiger charge is -2.52. The second-order valence-electron chi connectivity index (χ2n) is 8.76. The standard InChI is InChI=1S/C16H29NO2.C8H7N/c1-4-5-6-14-11-16(12-14)7-9-17(10-8-16)15(18)19-13(2)3;1-7-4-2-3-5-8(7)6-9/h13-14H,4-12H2,1-3H3;2-5H,1H3. The third-order valence-electron chi connectivity index (χ3n) is 6.09. The number of carbonyl (C=O) groups excluding carboxylic acids is 1. The quantitative estimate of drug-likeness (QED) is 0.632. The molecule has 4 nitrogen and oxygen atoms in total. The van der Waals surface area contributed by atoms with Crippen LogP contribution in [0.25, 0.3) is 0 Å². The second-order valence-corrected chi connectivity index (χ2v) is 8.76. The van der Waals surface area contributed by atoms with Gasteiger partial charge in [0.15, 0.2) is 0 Å². The Morgan fingerprint density at radius 3 is 2.43 bits per heavy atom. The van der Waals surface area contributed by atoms with E-state index in [1.807, 2.05) is 49.9 Å². The zero-order valence-corrected chi connectivity index (χ0v) is 18.0. The number of piperidine rings is 1. The van der Waals surface area contributed by atoms with Gasteiger partial charge in [0.1, 0.15) is 0 Å². The van der Waals surface area contributed by atoms with E-state index < -0.39 is 0 Å². The topological polar surface area (TPSA) is 53.3 Å². The molecular weight excluding hydrogens is 348 g/mol. The number of nitriles is 1. The molecule has 0 N–H and O–H groups in total. The molecule has 1 spiro atoms. The van der Waals surface area contributed by atoms with E-state index in [-0.39, 0.29) is 12.2 Å². The van der Waals surface area contributed by atoms with Crippen molar-refractivity contribution in [3.8, 4) is 6.07 Å². The van der Waals surface area contributed by atoms with E-state index in [0.717, 1.165) is 30.1 Å². The van der Waals surface area contributed by atoms with Gasteiger partial charge >= 0.3 is 6.09 Å². The predicted octanol–water partition coefficient (Wildman–Crippen LogP) is 6.08. The lowest BCUT2D eigenvalue weighted by atomic mass is 9.56. The Morgan fingerprint density at radius 2 is 1.93 bits per heavy atom. The van der Waals surface area contributed by atoms with Crippen molar-refractivity contribution in [2.24, 2.45) is 11.3 Å². The molecule has 1 heterocycles. The first-order chi connectivity index (χ1) is 13.4. The van der Waals surface area contributed by atoms with Crippen molar-refractivity contribution in [1.82, 2.24) is 4.90 Å². The zero-order valence-electron chi connectivity index (χ0n) is 18.0. The van der Waals surface area contributed by atoms with Crippen LogP contribution in [0.4, 0.5) is 4.79 Å². The molecule has 0 radical (unpaired) electrons. The number of ether oxygens (including phenoxy) is 1. The predicted molar refractivity (Wildman–Crippen MR) is 113 cm³/mol. The van der Waals surface area contributed by atoms with Gasteiger partial charge in [-0.3, -0.25) is 0 Å². The normalized spacial score (nSPS) is 18.1. The zero-order chi connectivity index (χ0) is 20.6. The van der Waals surface area contributed by atoms with E-state index in [1.165, 1.54) is 44.9 Å². The van der Waals surface area contributed by atoms with Gasteiger partial charge in [0.25, 0.3) is 0 Å². The molecule has 0 atom stereocenters. The molecule has 2 aliphatic rings. The first kappa shape index (κ1) is 22.3. The van der Waals surface area contributed by atoms with Crippen molar-refractivity contribution in [3.63, 3.8) is 0 Å². The van der Waals surface area contributed by atoms with Crippen molar-refractivity contribution in [3.05, 3.63) is 35.4 Å². The summed E-state index contributed by atoms with van der Waals surface area (Å²) in [5, 5.41) is 8.47. The number of unbranched alkanes of at least 4 members (excludes halogenated alkanes) is 1. The Hall–Kier alpha value is -2.02. The van der Waals surface area contributed by atoms with Crippen LogP contribution in [0.3, 0.4) is 0 Å². The molecule has 0 aromatic heterocycles. The summed E-state index contributed by atoms with van der Waals surface area (Å²) in [7, 11) is 0. The smallest absolute Gasteiger partial charge is 0.410 e. The summed E-state index contributed by atoms with van der Waals surface area (Å²) in [6, 6.07) is 9.63. The molecule has 1 amide bonds. The monoisotopic (exact) mass is 384 g/mol. The number of amides is 1. The Kier molecular flexibility index (Phi) is 8.35. The summed E-state index contributed by atoms with van der Waals surface area (Å²) in [6.45, 7) is 9.81. The number of rotatable bonds is 4. The fraction of sp³-hybridized carbons (Fsp3) is 0.667. The van der Waals surface area contributed by atoms with Gasteiger partial charge in [-0.25, -0.2) is 4.79 Å². The van der Waals surface area contributed by atoms with Gasteiger partial charge in [-0.2, -0.15) is 5.26 Å². The van der Waals surface area contributed by atoms with Crippen LogP contribution < -0.4 is 0 Å². The van der Waals surface area contributed by atoms with E-state index in [4.69, 9.17) is 10.00 Å². The molecule has 4 heteroatoms. The number of hydrogen-bond donors (Lipinski definition) is 0. The molecule has 1 aromatic carbocycles. The Balaban J connectivity index is 0.000000261. The summed E-state index contributed by atoms with van der Waals surface area (Å²) >= 11 is 0. The van der Waals surface area contributed by atoms with Gasteiger partial charge in [0, 0.05) is 13.1 Å². The Bertz CT molecular complexity index is 661. The molecular formula is C24H36N2O2. The number of nitrogens with zero attached hydrogens (tertiary/aromatic N) is 2. The highest BCUT2D eigenvalue weighted by Crippen LogP contribution is 2.54. The molecule has 28 heavy (non-hydrogen) atoms. The minimum Gasteiger partial charge on any atom is -0.447 e. The minimum atomic E-state index is -0.119. The largest absolute Gasteiger partial charge is 0.447 e. The summed E-state index contributed by atoms with van der Waals surface area (Å²) in [5.41, 5.74) is 2.38. The van der Waals surface area contributed by atoms with Crippen molar-refractivity contribution < 1.29 is 9.53 Å². The van der Waals surface area contributed by atoms with Crippen molar-refractivity contribution >= 4 is 6.09 Å². The molecule has 0 bridgehead atoms. The van der Waals surface area contributed by atoms with Crippen LogP contribution in [0.5, 0.6) is 0 Å². The first-order valence-corrected chi connectivity index (χ1v) is 10.8. The summed E-state index contributed by atoms with van der Waals surface area (Å²) in [6.07, 6.45) is 9.16. The minimum absolute atomic E-state index is 0.00878. The van der Waals surface area contributed by atoms with Gasteiger partial charge in [-0.05, 0) is 69.4 Å². The number of hydrogen-bond acceptors (Lipinski definition) is 3. The molecule has 3 rings (SSSR count). The molecule has 154 valence electrons. The number of aryl methyl sites for hydroxylation is 1. The first-order valence-electron chi connectivity index (χ1n) is 10.8. The van der Waals surface area contributed by atoms with Gasteiger partial charge in [-0.15, -0.1) is 0 Å². The summed E-state index contributed by atoms with van der Waals surface area (Å²) in [4.78, 5) is 13.7. The van der Waals surface area contributed by atoms with E-state index in [2.05, 4.69) is 13.0 Å². The highest BCUT2D eigenvalue weighted by molar-refractivity contribution is 5.67. The molecule has 0 unspecified atom stereocenters. The number of benzene rings is 1. The molecule has 1 saturated heterocycles. The summed E-state index contributed by atoms with van der Waals surface area (Å²) in [5.74, 6) is 0.967. The molecule has 1 aliphatic carbocycles. The molecule has 1 aromatic rings. The third kappa shape index (κ3) is 6.26. The maximum atomic E-state index is 11.8. The Labute approximate surface area is 170 Å².